The van der Waals surface area contributed by atoms with Crippen molar-refractivity contribution in [2.24, 2.45) is 11.8 Å². The molecule has 0 radical (unpaired) electrons. The molecule has 0 saturated carbocycles. The first-order chi connectivity index (χ1) is 12.8. The number of benzene rings is 1. The summed E-state index contributed by atoms with van der Waals surface area (Å²) < 4.78 is 27.4. The number of anilines is 1. The second-order valence-corrected chi connectivity index (χ2v) is 10.00. The molecule has 3 rings (SSSR count). The number of piperidine rings is 2. The largest absolute Gasteiger partial charge is 0.326 e. The molecule has 2 heterocycles. The second-order valence-electron chi connectivity index (χ2n) is 8.06. The Kier molecular flexibility index (Phi) is 6.55. The Labute approximate surface area is 163 Å². The van der Waals surface area contributed by atoms with Gasteiger partial charge in [-0.15, -0.1) is 0 Å². The van der Waals surface area contributed by atoms with Crippen LogP contribution in [0.25, 0.3) is 0 Å². The molecule has 0 unspecified atom stereocenters. The maximum Gasteiger partial charge on any atom is 0.243 e. The third kappa shape index (κ3) is 5.30. The second kappa shape index (κ2) is 8.71. The molecule has 1 aromatic rings. The zero-order valence-electron chi connectivity index (χ0n) is 16.4. The van der Waals surface area contributed by atoms with Crippen molar-refractivity contribution in [1.29, 1.82) is 0 Å². The Morgan fingerprint density at radius 3 is 2.37 bits per heavy atom. The Morgan fingerprint density at radius 2 is 1.78 bits per heavy atom. The van der Waals surface area contributed by atoms with Gasteiger partial charge in [-0.2, -0.15) is 4.31 Å². The number of hydrogen-bond acceptors (Lipinski definition) is 4. The summed E-state index contributed by atoms with van der Waals surface area (Å²) >= 11 is 0. The number of likely N-dealkylation sites (tertiary alicyclic amines) is 1. The molecule has 0 aromatic heterocycles. The lowest BCUT2D eigenvalue weighted by molar-refractivity contribution is -0.114. The first-order valence-corrected chi connectivity index (χ1v) is 11.4. The number of carbonyl (C=O) groups excluding carboxylic acids is 1. The van der Waals surface area contributed by atoms with Crippen molar-refractivity contribution >= 4 is 21.6 Å². The summed E-state index contributed by atoms with van der Waals surface area (Å²) in [5.41, 5.74) is 0.607. The van der Waals surface area contributed by atoms with Crippen LogP contribution in [0, 0.1) is 11.8 Å². The van der Waals surface area contributed by atoms with E-state index in [-0.39, 0.29) is 5.91 Å². The molecule has 2 aliphatic heterocycles. The fourth-order valence-electron chi connectivity index (χ4n) is 4.21. The molecule has 7 heteroatoms. The summed E-state index contributed by atoms with van der Waals surface area (Å²) in [6.07, 6.45) is 4.46. The summed E-state index contributed by atoms with van der Waals surface area (Å²) in [7, 11) is -3.47. The van der Waals surface area contributed by atoms with Crippen LogP contribution in [0.3, 0.4) is 0 Å². The van der Waals surface area contributed by atoms with Gasteiger partial charge < -0.3 is 10.2 Å². The van der Waals surface area contributed by atoms with Gasteiger partial charge in [-0.3, -0.25) is 4.79 Å². The number of rotatable bonds is 5. The lowest BCUT2D eigenvalue weighted by Crippen LogP contribution is -2.43. The molecular formula is C20H31N3O3S. The average molecular weight is 394 g/mol. The van der Waals surface area contributed by atoms with Gasteiger partial charge in [0.25, 0.3) is 0 Å². The van der Waals surface area contributed by atoms with E-state index in [0.717, 1.165) is 25.3 Å². The number of amides is 1. The highest BCUT2D eigenvalue weighted by atomic mass is 32.2. The molecule has 1 N–H and O–H groups in total. The van der Waals surface area contributed by atoms with Crippen molar-refractivity contribution in [2.75, 3.05) is 38.0 Å². The molecule has 150 valence electrons. The van der Waals surface area contributed by atoms with Gasteiger partial charge >= 0.3 is 0 Å². The monoisotopic (exact) mass is 393 g/mol. The van der Waals surface area contributed by atoms with Gasteiger partial charge in [0.1, 0.15) is 0 Å². The average Bonchev–Trinajstić information content (AvgIpc) is 2.62. The maximum atomic E-state index is 12.9. The standard InChI is InChI=1S/C20H31N3O3S/c1-16-4-3-11-22(14-16)15-18-9-12-23(13-10-18)27(25,26)20-7-5-19(6-8-20)21-17(2)24/h5-8,16,18H,3-4,9-15H2,1-2H3,(H,21,24)/t16-/m1/s1. The van der Waals surface area contributed by atoms with E-state index in [0.29, 0.717) is 29.6 Å². The minimum absolute atomic E-state index is 0.171. The fourth-order valence-corrected chi connectivity index (χ4v) is 5.68. The number of sulfonamides is 1. The molecule has 0 spiro atoms. The molecule has 6 nitrogen and oxygen atoms in total. The van der Waals surface area contributed by atoms with Crippen LogP contribution in [0.4, 0.5) is 5.69 Å². The minimum Gasteiger partial charge on any atom is -0.326 e. The topological polar surface area (TPSA) is 69.7 Å². The predicted molar refractivity (Wildman–Crippen MR) is 107 cm³/mol. The van der Waals surface area contributed by atoms with E-state index < -0.39 is 10.0 Å². The lowest BCUT2D eigenvalue weighted by atomic mass is 9.94. The van der Waals surface area contributed by atoms with E-state index in [1.807, 2.05) is 0 Å². The smallest absolute Gasteiger partial charge is 0.243 e. The van der Waals surface area contributed by atoms with E-state index in [2.05, 4.69) is 17.1 Å². The van der Waals surface area contributed by atoms with Crippen molar-refractivity contribution in [3.8, 4) is 0 Å². The van der Waals surface area contributed by atoms with E-state index in [1.54, 1.807) is 28.6 Å². The number of nitrogens with zero attached hydrogens (tertiary/aromatic N) is 2. The summed E-state index contributed by atoms with van der Waals surface area (Å²) in [6.45, 7) is 8.39. The van der Waals surface area contributed by atoms with Crippen LogP contribution in [0.15, 0.2) is 29.2 Å². The van der Waals surface area contributed by atoms with Gasteiger partial charge in [-0.25, -0.2) is 8.42 Å². The first kappa shape index (κ1) is 20.3. The highest BCUT2D eigenvalue weighted by Gasteiger charge is 2.30. The Bertz CT molecular complexity index is 740. The Morgan fingerprint density at radius 1 is 1.11 bits per heavy atom. The summed E-state index contributed by atoms with van der Waals surface area (Å²) in [5, 5.41) is 2.66. The van der Waals surface area contributed by atoms with Gasteiger partial charge in [0, 0.05) is 38.8 Å². The molecule has 0 bridgehead atoms. The number of hydrogen-bond donors (Lipinski definition) is 1. The fraction of sp³-hybridized carbons (Fsp3) is 0.650. The molecule has 27 heavy (non-hydrogen) atoms. The zero-order valence-corrected chi connectivity index (χ0v) is 17.2. The zero-order chi connectivity index (χ0) is 19.4. The Hall–Kier alpha value is -1.44. The van der Waals surface area contributed by atoms with Crippen LogP contribution < -0.4 is 5.32 Å². The van der Waals surface area contributed by atoms with E-state index in [9.17, 15) is 13.2 Å². The summed E-state index contributed by atoms with van der Waals surface area (Å²) in [5.74, 6) is 1.19. The van der Waals surface area contributed by atoms with Crippen LogP contribution >= 0.6 is 0 Å². The third-order valence-corrected chi connectivity index (χ3v) is 7.56. The summed E-state index contributed by atoms with van der Waals surface area (Å²) in [4.78, 5) is 13.9. The van der Waals surface area contributed by atoms with Gasteiger partial charge in [-0.1, -0.05) is 6.92 Å². The quantitative estimate of drug-likeness (QED) is 0.835. The van der Waals surface area contributed by atoms with E-state index in [4.69, 9.17) is 0 Å². The Balaban J connectivity index is 1.55. The molecule has 2 fully saturated rings. The number of nitrogens with one attached hydrogen (secondary N) is 1. The van der Waals surface area contributed by atoms with Crippen LogP contribution in [-0.4, -0.2) is 56.3 Å². The van der Waals surface area contributed by atoms with Crippen molar-refractivity contribution in [3.63, 3.8) is 0 Å². The van der Waals surface area contributed by atoms with Crippen LogP contribution in [0.2, 0.25) is 0 Å². The molecule has 1 aromatic carbocycles. The SMILES string of the molecule is CC(=O)Nc1ccc(S(=O)(=O)N2CCC(CN3CCC[C@@H](C)C3)CC2)cc1. The van der Waals surface area contributed by atoms with Crippen molar-refractivity contribution in [3.05, 3.63) is 24.3 Å². The van der Waals surface area contributed by atoms with Gasteiger partial charge in [0.15, 0.2) is 0 Å². The maximum absolute atomic E-state index is 12.9. The van der Waals surface area contributed by atoms with Crippen molar-refractivity contribution in [2.45, 2.75) is 44.4 Å². The third-order valence-electron chi connectivity index (χ3n) is 5.64. The highest BCUT2D eigenvalue weighted by Crippen LogP contribution is 2.26. The minimum atomic E-state index is -3.47. The van der Waals surface area contributed by atoms with Crippen LogP contribution in [0.5, 0.6) is 0 Å². The van der Waals surface area contributed by atoms with Gasteiger partial charge in [0.05, 0.1) is 4.90 Å². The number of carbonyl (C=O) groups is 1. The van der Waals surface area contributed by atoms with E-state index in [1.165, 1.54) is 32.9 Å². The normalized spacial score (nSPS) is 23.3. The lowest BCUT2D eigenvalue weighted by Gasteiger charge is -2.37. The van der Waals surface area contributed by atoms with Crippen LogP contribution in [-0.2, 0) is 14.8 Å². The van der Waals surface area contributed by atoms with Crippen molar-refractivity contribution in [1.82, 2.24) is 9.21 Å². The molecule has 1 atom stereocenters. The molecule has 1 amide bonds. The molecule has 2 saturated heterocycles. The van der Waals surface area contributed by atoms with Crippen molar-refractivity contribution < 1.29 is 13.2 Å². The van der Waals surface area contributed by atoms with Crippen LogP contribution in [0.1, 0.15) is 39.5 Å². The van der Waals surface area contributed by atoms with Gasteiger partial charge in [-0.05, 0) is 68.3 Å². The van der Waals surface area contributed by atoms with Gasteiger partial charge in [0.2, 0.25) is 15.9 Å². The van der Waals surface area contributed by atoms with E-state index >= 15 is 0 Å². The highest BCUT2D eigenvalue weighted by molar-refractivity contribution is 7.89. The first-order valence-electron chi connectivity index (χ1n) is 9.95. The molecular weight excluding hydrogens is 362 g/mol. The molecule has 2 aliphatic rings. The molecule has 0 aliphatic carbocycles. The predicted octanol–water partition coefficient (Wildman–Crippen LogP) is 2.78. The summed E-state index contributed by atoms with van der Waals surface area (Å²) in [6, 6.07) is 6.42.